The number of amides is 1. The maximum atomic E-state index is 12.3. The number of sulfonamides is 1. The van der Waals surface area contributed by atoms with E-state index in [2.05, 4.69) is 4.72 Å². The molecule has 8 nitrogen and oxygen atoms in total. The normalized spacial score (nSPS) is 11.0. The van der Waals surface area contributed by atoms with Crippen molar-refractivity contribution < 1.29 is 27.5 Å². The number of rotatable bonds is 9. The molecule has 0 aliphatic heterocycles. The summed E-state index contributed by atoms with van der Waals surface area (Å²) in [6.45, 7) is 0.692. The fourth-order valence-corrected chi connectivity index (χ4v) is 3.44. The molecule has 0 saturated heterocycles. The van der Waals surface area contributed by atoms with Crippen LogP contribution in [0.1, 0.15) is 23.7 Å². The number of nitrogens with one attached hydrogen (secondary N) is 1. The number of carbonyl (C=O) groups excluding carboxylic acids is 3. The highest BCUT2D eigenvalue weighted by atomic mass is 32.2. The fraction of sp³-hybridized carbons (Fsp3) is 0.250. The van der Waals surface area contributed by atoms with Crippen molar-refractivity contribution in [3.63, 3.8) is 0 Å². The number of anilines is 1. The third kappa shape index (κ3) is 6.51. The number of carbonyl (C=O) groups is 3. The Balaban J connectivity index is 1.81. The average Bonchev–Trinajstić information content (AvgIpc) is 2.72. The largest absolute Gasteiger partial charge is 0.456 e. The number of hydrogen-bond acceptors (Lipinski definition) is 6. The summed E-state index contributed by atoms with van der Waals surface area (Å²) >= 11 is 0. The van der Waals surface area contributed by atoms with Gasteiger partial charge in [-0.2, -0.15) is 0 Å². The molecule has 0 atom stereocenters. The van der Waals surface area contributed by atoms with Crippen molar-refractivity contribution in [1.29, 1.82) is 0 Å². The maximum Gasteiger partial charge on any atom is 0.307 e. The summed E-state index contributed by atoms with van der Waals surface area (Å²) in [4.78, 5) is 36.5. The molecule has 0 heterocycles. The molecule has 154 valence electrons. The Bertz CT molecular complexity index is 989. The molecule has 0 aromatic heterocycles. The van der Waals surface area contributed by atoms with Gasteiger partial charge in [0.2, 0.25) is 10.0 Å². The van der Waals surface area contributed by atoms with Gasteiger partial charge in [0.15, 0.2) is 12.4 Å². The second-order valence-corrected chi connectivity index (χ2v) is 7.95. The molecule has 9 heteroatoms. The maximum absolute atomic E-state index is 12.3. The molecule has 2 aromatic carbocycles. The van der Waals surface area contributed by atoms with Crippen LogP contribution >= 0.6 is 0 Å². The summed E-state index contributed by atoms with van der Waals surface area (Å²) in [5.74, 6) is -1.37. The molecule has 29 heavy (non-hydrogen) atoms. The molecule has 0 aliphatic rings. The van der Waals surface area contributed by atoms with Gasteiger partial charge in [-0.25, -0.2) is 13.1 Å². The van der Waals surface area contributed by atoms with Crippen molar-refractivity contribution >= 4 is 33.4 Å². The van der Waals surface area contributed by atoms with Gasteiger partial charge in [0.1, 0.15) is 0 Å². The summed E-state index contributed by atoms with van der Waals surface area (Å²) in [6, 6.07) is 14.5. The zero-order valence-corrected chi connectivity index (χ0v) is 16.9. The van der Waals surface area contributed by atoms with Crippen LogP contribution in [0.4, 0.5) is 5.69 Å². The number of ketones is 1. The van der Waals surface area contributed by atoms with Crippen molar-refractivity contribution in [2.75, 3.05) is 25.1 Å². The highest BCUT2D eigenvalue weighted by Crippen LogP contribution is 2.12. The summed E-state index contributed by atoms with van der Waals surface area (Å²) in [5.41, 5.74) is 0.933. The Kier molecular flexibility index (Phi) is 7.63. The van der Waals surface area contributed by atoms with Crippen molar-refractivity contribution in [3.05, 3.63) is 60.2 Å². The number of ether oxygens (including phenoxy) is 1. The summed E-state index contributed by atoms with van der Waals surface area (Å²) in [7, 11) is -2.31. The van der Waals surface area contributed by atoms with Gasteiger partial charge in [0, 0.05) is 24.8 Å². The highest BCUT2D eigenvalue weighted by Gasteiger charge is 2.17. The van der Waals surface area contributed by atoms with E-state index in [0.29, 0.717) is 5.69 Å². The molecular formula is C20H22N2O6S. The first kappa shape index (κ1) is 22.3. The zero-order chi connectivity index (χ0) is 21.4. The topological polar surface area (TPSA) is 110 Å². The van der Waals surface area contributed by atoms with Gasteiger partial charge < -0.3 is 9.64 Å². The Hall–Kier alpha value is -3.04. The first-order chi connectivity index (χ1) is 13.7. The Morgan fingerprint density at radius 3 is 2.38 bits per heavy atom. The monoisotopic (exact) mass is 418 g/mol. The molecule has 0 fully saturated rings. The number of esters is 1. The van der Waals surface area contributed by atoms with Crippen LogP contribution in [0.25, 0.3) is 0 Å². The number of nitrogens with zero attached hydrogens (tertiary/aromatic N) is 1. The second-order valence-electron chi connectivity index (χ2n) is 6.18. The fourth-order valence-electron chi connectivity index (χ4n) is 2.36. The summed E-state index contributed by atoms with van der Waals surface area (Å²) in [5, 5.41) is 0. The van der Waals surface area contributed by atoms with E-state index in [1.807, 2.05) is 6.07 Å². The molecule has 0 unspecified atom stereocenters. The lowest BCUT2D eigenvalue weighted by Gasteiger charge is -2.17. The molecule has 2 aromatic rings. The van der Waals surface area contributed by atoms with E-state index in [0.717, 1.165) is 0 Å². The molecule has 0 aliphatic carbocycles. The number of para-hydroxylation sites is 1. The minimum Gasteiger partial charge on any atom is -0.456 e. The molecular weight excluding hydrogens is 396 g/mol. The van der Waals surface area contributed by atoms with Gasteiger partial charge in [-0.3, -0.25) is 14.4 Å². The minimum atomic E-state index is -3.88. The SMILES string of the molecule is CC(=O)c1cccc(S(=O)(=O)NCCC(=O)OCC(=O)N(C)c2ccccc2)c1. The van der Waals surface area contributed by atoms with Crippen LogP contribution in [0.5, 0.6) is 0 Å². The number of hydrogen-bond donors (Lipinski definition) is 1. The average molecular weight is 418 g/mol. The van der Waals surface area contributed by atoms with E-state index in [-0.39, 0.29) is 29.2 Å². The van der Waals surface area contributed by atoms with Crippen LogP contribution in [0, 0.1) is 0 Å². The van der Waals surface area contributed by atoms with Gasteiger partial charge in [0.25, 0.3) is 5.91 Å². The minimum absolute atomic E-state index is 0.0711. The van der Waals surface area contributed by atoms with E-state index in [1.54, 1.807) is 31.3 Å². The zero-order valence-electron chi connectivity index (χ0n) is 16.1. The predicted molar refractivity (Wildman–Crippen MR) is 107 cm³/mol. The van der Waals surface area contributed by atoms with Gasteiger partial charge in [-0.1, -0.05) is 30.3 Å². The van der Waals surface area contributed by atoms with E-state index in [1.165, 1.54) is 36.1 Å². The molecule has 2 rings (SSSR count). The van der Waals surface area contributed by atoms with Gasteiger partial charge >= 0.3 is 5.97 Å². The number of likely N-dealkylation sites (N-methyl/N-ethyl adjacent to an activating group) is 1. The molecule has 0 bridgehead atoms. The van der Waals surface area contributed by atoms with Gasteiger partial charge in [-0.15, -0.1) is 0 Å². The van der Waals surface area contributed by atoms with Crippen molar-refractivity contribution in [2.45, 2.75) is 18.2 Å². The summed E-state index contributed by atoms with van der Waals surface area (Å²) in [6.07, 6.45) is -0.242. The number of benzene rings is 2. The lowest BCUT2D eigenvalue weighted by molar-refractivity contribution is -0.147. The third-order valence-corrected chi connectivity index (χ3v) is 5.50. The Labute approximate surface area is 169 Å². The van der Waals surface area contributed by atoms with Gasteiger partial charge in [0.05, 0.1) is 11.3 Å². The molecule has 1 amide bonds. The quantitative estimate of drug-likeness (QED) is 0.491. The van der Waals surface area contributed by atoms with E-state index >= 15 is 0 Å². The lowest BCUT2D eigenvalue weighted by atomic mass is 10.2. The van der Waals surface area contributed by atoms with Crippen LogP contribution in [0.2, 0.25) is 0 Å². The van der Waals surface area contributed by atoms with Crippen molar-refractivity contribution in [1.82, 2.24) is 4.72 Å². The predicted octanol–water partition coefficient (Wildman–Crippen LogP) is 1.76. The van der Waals surface area contributed by atoms with Crippen LogP contribution in [0.3, 0.4) is 0 Å². The smallest absolute Gasteiger partial charge is 0.307 e. The number of Topliss-reactive ketones (excluding diaryl/α,β-unsaturated/α-hetero) is 1. The Morgan fingerprint density at radius 2 is 1.72 bits per heavy atom. The molecule has 0 saturated carbocycles. The first-order valence-corrected chi connectivity index (χ1v) is 10.3. The molecule has 0 radical (unpaired) electrons. The lowest BCUT2D eigenvalue weighted by Crippen LogP contribution is -2.32. The van der Waals surface area contributed by atoms with Crippen LogP contribution in [0.15, 0.2) is 59.5 Å². The highest BCUT2D eigenvalue weighted by molar-refractivity contribution is 7.89. The second kappa shape index (κ2) is 9.94. The van der Waals surface area contributed by atoms with Crippen molar-refractivity contribution in [2.24, 2.45) is 0 Å². The van der Waals surface area contributed by atoms with E-state index < -0.39 is 28.5 Å². The standard InChI is InChI=1S/C20H22N2O6S/c1-15(23)16-7-6-10-18(13-16)29(26,27)21-12-11-20(25)28-14-19(24)22(2)17-8-4-3-5-9-17/h3-10,13,21H,11-12,14H2,1-2H3. The summed E-state index contributed by atoms with van der Waals surface area (Å²) < 4.78 is 31.7. The first-order valence-electron chi connectivity index (χ1n) is 8.78. The van der Waals surface area contributed by atoms with Crippen LogP contribution < -0.4 is 9.62 Å². The third-order valence-electron chi connectivity index (χ3n) is 4.05. The van der Waals surface area contributed by atoms with Gasteiger partial charge in [-0.05, 0) is 31.2 Å². The van der Waals surface area contributed by atoms with Crippen LogP contribution in [-0.2, 0) is 24.3 Å². The molecule has 0 spiro atoms. The van der Waals surface area contributed by atoms with E-state index in [9.17, 15) is 22.8 Å². The van der Waals surface area contributed by atoms with Crippen LogP contribution in [-0.4, -0.2) is 46.3 Å². The van der Waals surface area contributed by atoms with Crippen molar-refractivity contribution in [3.8, 4) is 0 Å². The van der Waals surface area contributed by atoms with E-state index in [4.69, 9.17) is 4.74 Å². The Morgan fingerprint density at radius 1 is 1.03 bits per heavy atom. The molecule has 1 N–H and O–H groups in total.